The lowest BCUT2D eigenvalue weighted by molar-refractivity contribution is 0.242. The van der Waals surface area contributed by atoms with Crippen LogP contribution in [0.15, 0.2) is 30.3 Å². The number of amides is 2. The average molecular weight is 374 g/mol. The minimum absolute atomic E-state index is 0.00502. The summed E-state index contributed by atoms with van der Waals surface area (Å²) < 4.78 is 28.9. The van der Waals surface area contributed by atoms with E-state index in [0.29, 0.717) is 11.5 Å². The summed E-state index contributed by atoms with van der Waals surface area (Å²) in [5.74, 6) is 0.500. The number of benzene rings is 2. The molecule has 142 valence electrons. The van der Waals surface area contributed by atoms with Crippen molar-refractivity contribution in [3.05, 3.63) is 53.1 Å². The molecule has 3 N–H and O–H groups in total. The van der Waals surface area contributed by atoms with Gasteiger partial charge in [-0.2, -0.15) is 0 Å². The molecule has 0 saturated heterocycles. The molecule has 0 radical (unpaired) electrons. The predicted molar refractivity (Wildman–Crippen MR) is 97.8 cm³/mol. The lowest BCUT2D eigenvalue weighted by Gasteiger charge is -2.14. The van der Waals surface area contributed by atoms with Crippen molar-refractivity contribution in [1.82, 2.24) is 10.7 Å². The number of rotatable bonds is 7. The van der Waals surface area contributed by atoms with E-state index < -0.39 is 11.8 Å². The number of nitrogens with zero attached hydrogens (tertiary/aromatic N) is 1. The molecule has 0 saturated carbocycles. The maximum absolute atomic E-state index is 13.6. The molecular weight excluding hydrogens is 355 g/mol. The Morgan fingerprint density at radius 3 is 2.48 bits per heavy atom. The van der Waals surface area contributed by atoms with Crippen molar-refractivity contribution in [2.75, 3.05) is 26.8 Å². The van der Waals surface area contributed by atoms with Crippen molar-refractivity contribution in [3.8, 4) is 17.2 Å². The van der Waals surface area contributed by atoms with Crippen LogP contribution < -0.4 is 30.4 Å². The molecule has 2 amide bonds. The van der Waals surface area contributed by atoms with Crippen molar-refractivity contribution >= 4 is 17.4 Å². The summed E-state index contributed by atoms with van der Waals surface area (Å²) in [7, 11) is 4.38. The molecule has 0 bridgehead atoms. The minimum Gasteiger partial charge on any atom is -0.497 e. The summed E-state index contributed by atoms with van der Waals surface area (Å²) in [6.45, 7) is 7.29. The van der Waals surface area contributed by atoms with Crippen LogP contribution in [0.4, 0.5) is 20.6 Å². The first-order chi connectivity index (χ1) is 13.0. The maximum atomic E-state index is 13.6. The van der Waals surface area contributed by atoms with Crippen molar-refractivity contribution in [1.29, 1.82) is 0 Å². The minimum atomic E-state index is -0.662. The van der Waals surface area contributed by atoms with E-state index in [2.05, 4.69) is 21.0 Å². The van der Waals surface area contributed by atoms with Gasteiger partial charge in [0.15, 0.2) is 11.6 Å². The lowest BCUT2D eigenvalue weighted by atomic mass is 10.2. The highest BCUT2D eigenvalue weighted by Crippen LogP contribution is 2.31. The number of hydrogen-bond acceptors (Lipinski definition) is 5. The zero-order valence-electron chi connectivity index (χ0n) is 15.1. The Balaban J connectivity index is 1.99. The van der Waals surface area contributed by atoms with E-state index in [1.807, 2.05) is 0 Å². The molecule has 0 aromatic heterocycles. The molecule has 8 nitrogen and oxygen atoms in total. The third kappa shape index (κ3) is 4.92. The summed E-state index contributed by atoms with van der Waals surface area (Å²) >= 11 is 0. The summed E-state index contributed by atoms with van der Waals surface area (Å²) in [4.78, 5) is 15.2. The monoisotopic (exact) mass is 374 g/mol. The Labute approximate surface area is 156 Å². The molecule has 0 spiro atoms. The van der Waals surface area contributed by atoms with E-state index in [-0.39, 0.29) is 23.7 Å². The van der Waals surface area contributed by atoms with Crippen LogP contribution >= 0.6 is 0 Å². The molecule has 2 rings (SSSR count). The van der Waals surface area contributed by atoms with Crippen LogP contribution in [-0.2, 0) is 6.54 Å². The number of hydrogen-bond donors (Lipinski definition) is 3. The number of halogens is 1. The van der Waals surface area contributed by atoms with Crippen molar-refractivity contribution in [2.45, 2.75) is 6.54 Å². The normalized spacial score (nSPS) is 9.74. The van der Waals surface area contributed by atoms with Crippen LogP contribution in [0.2, 0.25) is 0 Å². The molecular formula is C18H19FN4O4. The van der Waals surface area contributed by atoms with Gasteiger partial charge in [-0.1, -0.05) is 0 Å². The molecule has 0 fully saturated rings. The zero-order chi connectivity index (χ0) is 19.8. The van der Waals surface area contributed by atoms with Crippen LogP contribution in [-0.4, -0.2) is 27.4 Å². The number of methoxy groups -OCH3 is 3. The third-order valence-corrected chi connectivity index (χ3v) is 3.63. The molecule has 0 aliphatic rings. The van der Waals surface area contributed by atoms with Gasteiger partial charge in [-0.05, 0) is 24.3 Å². The fourth-order valence-electron chi connectivity index (χ4n) is 2.23. The van der Waals surface area contributed by atoms with E-state index in [4.69, 9.17) is 20.8 Å². The number of carbonyl (C=O) groups excluding carboxylic acids is 1. The van der Waals surface area contributed by atoms with E-state index >= 15 is 0 Å². The van der Waals surface area contributed by atoms with Gasteiger partial charge in [0.05, 0.1) is 33.6 Å². The molecule has 0 heterocycles. The van der Waals surface area contributed by atoms with Gasteiger partial charge in [0.1, 0.15) is 11.5 Å². The largest absolute Gasteiger partial charge is 0.497 e. The smallest absolute Gasteiger partial charge is 0.333 e. The Kier molecular flexibility index (Phi) is 6.66. The second-order valence-electron chi connectivity index (χ2n) is 5.23. The molecule has 2 aromatic carbocycles. The quantitative estimate of drug-likeness (QED) is 0.512. The summed E-state index contributed by atoms with van der Waals surface area (Å²) in [6, 6.07) is 6.99. The van der Waals surface area contributed by atoms with E-state index in [9.17, 15) is 9.18 Å². The highest BCUT2D eigenvalue weighted by molar-refractivity contribution is 5.78. The molecule has 0 aliphatic heterocycles. The van der Waals surface area contributed by atoms with E-state index in [0.717, 1.165) is 11.6 Å². The molecule has 0 atom stereocenters. The number of urea groups is 1. The molecule has 9 heteroatoms. The first kappa shape index (κ1) is 19.7. The van der Waals surface area contributed by atoms with Crippen molar-refractivity contribution in [3.63, 3.8) is 0 Å². The summed E-state index contributed by atoms with van der Waals surface area (Å²) in [5.41, 5.74) is 5.93. The summed E-state index contributed by atoms with van der Waals surface area (Å²) in [6.07, 6.45) is 0. The fourth-order valence-corrected chi connectivity index (χ4v) is 2.23. The Bertz CT molecular complexity index is 867. The molecule has 27 heavy (non-hydrogen) atoms. The molecule has 0 unspecified atom stereocenters. The van der Waals surface area contributed by atoms with Gasteiger partial charge in [-0.15, -0.1) is 0 Å². The Hall–Kier alpha value is -3.67. The highest BCUT2D eigenvalue weighted by atomic mass is 19.1. The zero-order valence-corrected chi connectivity index (χ0v) is 15.1. The highest BCUT2D eigenvalue weighted by Gasteiger charge is 2.12. The van der Waals surface area contributed by atoms with Crippen molar-refractivity contribution in [2.24, 2.45) is 0 Å². The Morgan fingerprint density at radius 2 is 1.85 bits per heavy atom. The van der Waals surface area contributed by atoms with Gasteiger partial charge in [-0.3, -0.25) is 5.43 Å². The number of carbonyl (C=O) groups is 1. The summed E-state index contributed by atoms with van der Waals surface area (Å²) in [5, 5.41) is 2.64. The number of hydrazine groups is 1. The first-order valence-electron chi connectivity index (χ1n) is 7.78. The van der Waals surface area contributed by atoms with Gasteiger partial charge in [0.2, 0.25) is 5.69 Å². The van der Waals surface area contributed by atoms with Gasteiger partial charge >= 0.3 is 6.03 Å². The number of nitrogens with one attached hydrogen (secondary N) is 3. The second kappa shape index (κ2) is 9.15. The third-order valence-electron chi connectivity index (χ3n) is 3.63. The van der Waals surface area contributed by atoms with Gasteiger partial charge in [0.25, 0.3) is 0 Å². The topological polar surface area (TPSA) is 85.2 Å². The van der Waals surface area contributed by atoms with Crippen LogP contribution in [0.1, 0.15) is 5.56 Å². The second-order valence-corrected chi connectivity index (χ2v) is 5.23. The van der Waals surface area contributed by atoms with Crippen LogP contribution in [0.3, 0.4) is 0 Å². The fraction of sp³-hybridized carbons (Fsp3) is 0.222. The Morgan fingerprint density at radius 1 is 1.11 bits per heavy atom. The standard InChI is InChI=1S/C18H19FN4O4/c1-20-14-8-13(19)17(27-4)9-15(14)22-23-18(24)21-10-11-5-6-12(25-2)7-16(11)26-3/h5-9,22H,10H2,2-4H3,(H2,21,23,24). The first-order valence-corrected chi connectivity index (χ1v) is 7.78. The van der Waals surface area contributed by atoms with Gasteiger partial charge < -0.3 is 25.0 Å². The molecule has 0 aliphatic carbocycles. The van der Waals surface area contributed by atoms with Crippen LogP contribution in [0.25, 0.3) is 4.85 Å². The van der Waals surface area contributed by atoms with E-state index in [1.165, 1.54) is 20.3 Å². The van der Waals surface area contributed by atoms with Gasteiger partial charge in [-0.25, -0.2) is 14.0 Å². The molecule has 2 aromatic rings. The van der Waals surface area contributed by atoms with Crippen LogP contribution in [0.5, 0.6) is 17.2 Å². The van der Waals surface area contributed by atoms with E-state index in [1.54, 1.807) is 25.3 Å². The SMILES string of the molecule is [C-]#[N+]c1cc(F)c(OC)cc1NNC(=O)NCc1ccc(OC)cc1OC. The van der Waals surface area contributed by atoms with Gasteiger partial charge in [0, 0.05) is 18.2 Å². The van der Waals surface area contributed by atoms with Crippen molar-refractivity contribution < 1.29 is 23.4 Å². The van der Waals surface area contributed by atoms with Crippen LogP contribution in [0, 0.1) is 12.4 Å². The predicted octanol–water partition coefficient (Wildman–Crippen LogP) is 3.23. The lowest BCUT2D eigenvalue weighted by Crippen LogP contribution is -2.38. The number of ether oxygens (including phenoxy) is 3. The maximum Gasteiger partial charge on any atom is 0.333 e. The number of anilines is 1. The average Bonchev–Trinajstić information content (AvgIpc) is 2.70.